The van der Waals surface area contributed by atoms with Crippen LogP contribution in [0.3, 0.4) is 0 Å². The summed E-state index contributed by atoms with van der Waals surface area (Å²) in [6.45, 7) is 0.592. The molecule has 0 unspecified atom stereocenters. The van der Waals surface area contributed by atoms with Crippen LogP contribution >= 0.6 is 0 Å². The van der Waals surface area contributed by atoms with Crippen LogP contribution in [0.1, 0.15) is 25.7 Å². The maximum Gasteiger partial charge on any atom is 0.342 e. The van der Waals surface area contributed by atoms with Crippen LogP contribution in [0.5, 0.6) is 0 Å². The summed E-state index contributed by atoms with van der Waals surface area (Å²) in [6, 6.07) is 9.34. The molecular formula is C21H18N2O5. The Bertz CT molecular complexity index is 1290. The van der Waals surface area contributed by atoms with Crippen LogP contribution in [-0.4, -0.2) is 34.6 Å². The molecule has 1 aromatic rings. The first kappa shape index (κ1) is 17.9. The van der Waals surface area contributed by atoms with Crippen molar-refractivity contribution in [3.8, 4) is 0 Å². The van der Waals surface area contributed by atoms with Gasteiger partial charge in [0.1, 0.15) is 5.57 Å². The predicted molar refractivity (Wildman–Crippen MR) is 102 cm³/mol. The van der Waals surface area contributed by atoms with Crippen molar-refractivity contribution in [2.24, 2.45) is 4.99 Å². The fourth-order valence-corrected chi connectivity index (χ4v) is 3.86. The van der Waals surface area contributed by atoms with Gasteiger partial charge in [0, 0.05) is 34.2 Å². The number of carboxylic acid groups (broad SMARTS) is 2. The van der Waals surface area contributed by atoms with Gasteiger partial charge < -0.3 is 15.5 Å². The molecule has 4 rings (SSSR count). The highest BCUT2D eigenvalue weighted by Crippen LogP contribution is 2.26. The first-order valence-electron chi connectivity index (χ1n) is 9.11. The Kier molecular flexibility index (Phi) is 4.43. The van der Waals surface area contributed by atoms with Crippen LogP contribution in [0.2, 0.25) is 0 Å². The van der Waals surface area contributed by atoms with Gasteiger partial charge in [0.2, 0.25) is 0 Å². The number of nitrogens with zero attached hydrogens (tertiary/aromatic N) is 1. The smallest absolute Gasteiger partial charge is 0.342 e. The Morgan fingerprint density at radius 3 is 2.50 bits per heavy atom. The number of amides is 1. The normalized spacial score (nSPS) is 14.1. The molecule has 7 heteroatoms. The molecule has 7 nitrogen and oxygen atoms in total. The SMILES string of the molecule is O=C(O)CCCCCN=c1ccc2c3c(c4cccc1c4=2)NC(=O)C=3C(=O)O. The summed E-state index contributed by atoms with van der Waals surface area (Å²) in [6.07, 6.45) is 2.42. The number of anilines is 1. The Morgan fingerprint density at radius 2 is 1.75 bits per heavy atom. The van der Waals surface area contributed by atoms with E-state index >= 15 is 0 Å². The van der Waals surface area contributed by atoms with Crippen molar-refractivity contribution in [2.45, 2.75) is 25.7 Å². The number of hydrogen-bond acceptors (Lipinski definition) is 4. The van der Waals surface area contributed by atoms with Gasteiger partial charge in [-0.25, -0.2) is 4.79 Å². The Morgan fingerprint density at radius 1 is 0.964 bits per heavy atom. The van der Waals surface area contributed by atoms with Gasteiger partial charge >= 0.3 is 11.9 Å². The zero-order valence-corrected chi connectivity index (χ0v) is 15.0. The molecule has 142 valence electrons. The predicted octanol–water partition coefficient (Wildman–Crippen LogP) is 1.45. The topological polar surface area (TPSA) is 116 Å². The highest BCUT2D eigenvalue weighted by molar-refractivity contribution is 6.44. The van der Waals surface area contributed by atoms with Crippen LogP contribution in [-0.2, 0) is 14.4 Å². The standard InChI is InChI=1S/C21H18N2O5/c24-15(25)7-2-1-3-10-22-14-9-8-12-16-11(14)5-4-6-13(16)19-17(12)18(21(27)28)20(26)23-19/h4-6,8-9H,1-3,7,10H2,(H,23,26)(H,24,25)(H,27,28). The number of nitrogens with one attached hydrogen (secondary N) is 1. The largest absolute Gasteiger partial charge is 0.481 e. The molecule has 3 aliphatic rings. The number of carbonyl (C=O) groups is 3. The summed E-state index contributed by atoms with van der Waals surface area (Å²) in [7, 11) is 0. The van der Waals surface area contributed by atoms with Crippen molar-refractivity contribution in [3.63, 3.8) is 0 Å². The van der Waals surface area contributed by atoms with Gasteiger partial charge in [0.05, 0.1) is 11.0 Å². The average molecular weight is 378 g/mol. The first-order valence-corrected chi connectivity index (χ1v) is 9.11. The lowest BCUT2D eigenvalue weighted by molar-refractivity contribution is -0.137. The Labute approximate surface area is 159 Å². The van der Waals surface area contributed by atoms with Gasteiger partial charge in [-0.3, -0.25) is 14.6 Å². The molecule has 28 heavy (non-hydrogen) atoms. The summed E-state index contributed by atoms with van der Waals surface area (Å²) in [4.78, 5) is 38.8. The second kappa shape index (κ2) is 6.92. The summed E-state index contributed by atoms with van der Waals surface area (Å²) in [5.74, 6) is -2.61. The molecule has 1 heterocycles. The van der Waals surface area contributed by atoms with Crippen LogP contribution < -0.4 is 15.9 Å². The molecule has 0 bridgehead atoms. The molecule has 0 saturated carbocycles. The third kappa shape index (κ3) is 2.85. The molecular weight excluding hydrogens is 360 g/mol. The molecule has 0 atom stereocenters. The maximum atomic E-state index is 12.1. The second-order valence-electron chi connectivity index (χ2n) is 6.83. The van der Waals surface area contributed by atoms with E-state index in [-0.39, 0.29) is 12.0 Å². The van der Waals surface area contributed by atoms with E-state index < -0.39 is 17.8 Å². The van der Waals surface area contributed by atoms with Crippen LogP contribution in [0.4, 0.5) is 5.69 Å². The van der Waals surface area contributed by atoms with Gasteiger partial charge in [-0.05, 0) is 24.1 Å². The van der Waals surface area contributed by atoms with Crippen LogP contribution in [0.25, 0.3) is 16.3 Å². The lowest BCUT2D eigenvalue weighted by Gasteiger charge is -2.01. The van der Waals surface area contributed by atoms with Crippen molar-refractivity contribution in [2.75, 3.05) is 11.9 Å². The van der Waals surface area contributed by atoms with Crippen LogP contribution in [0.15, 0.2) is 35.3 Å². The number of carbonyl (C=O) groups excluding carboxylic acids is 1. The molecule has 2 aliphatic carbocycles. The number of aliphatic carboxylic acids is 2. The van der Waals surface area contributed by atoms with E-state index in [1.807, 2.05) is 30.3 Å². The summed E-state index contributed by atoms with van der Waals surface area (Å²) < 4.78 is 0. The van der Waals surface area contributed by atoms with Crippen molar-refractivity contribution in [1.82, 2.24) is 0 Å². The quantitative estimate of drug-likeness (QED) is 0.538. The van der Waals surface area contributed by atoms with Crippen molar-refractivity contribution in [1.29, 1.82) is 0 Å². The Hall–Kier alpha value is -3.48. The fourth-order valence-electron chi connectivity index (χ4n) is 3.86. The molecule has 1 aliphatic heterocycles. The van der Waals surface area contributed by atoms with E-state index in [1.54, 1.807) is 0 Å². The van der Waals surface area contributed by atoms with E-state index in [0.29, 0.717) is 23.9 Å². The van der Waals surface area contributed by atoms with Crippen LogP contribution in [0, 0.1) is 10.4 Å². The number of carboxylic acids is 2. The lowest BCUT2D eigenvalue weighted by Crippen LogP contribution is -2.17. The highest BCUT2D eigenvalue weighted by atomic mass is 16.4. The number of benzene rings is 1. The van der Waals surface area contributed by atoms with Gasteiger partial charge in [-0.1, -0.05) is 30.7 Å². The van der Waals surface area contributed by atoms with Gasteiger partial charge in [-0.2, -0.15) is 0 Å². The fraction of sp³-hybridized carbons (Fsp3) is 0.238. The molecule has 3 N–H and O–H groups in total. The zero-order valence-electron chi connectivity index (χ0n) is 15.0. The van der Waals surface area contributed by atoms with E-state index in [9.17, 15) is 19.5 Å². The molecule has 0 radical (unpaired) electrons. The van der Waals surface area contributed by atoms with E-state index in [2.05, 4.69) is 10.3 Å². The number of fused-ring (bicyclic) bond motifs is 3. The summed E-state index contributed by atoms with van der Waals surface area (Å²) >= 11 is 0. The average Bonchev–Trinajstić information content (AvgIpc) is 3.14. The monoisotopic (exact) mass is 378 g/mol. The van der Waals surface area contributed by atoms with Gasteiger partial charge in [-0.15, -0.1) is 0 Å². The molecule has 0 saturated heterocycles. The third-order valence-corrected chi connectivity index (χ3v) is 5.07. The molecule has 1 amide bonds. The van der Waals surface area contributed by atoms with E-state index in [0.717, 1.165) is 39.4 Å². The van der Waals surface area contributed by atoms with E-state index in [1.165, 1.54) is 0 Å². The lowest BCUT2D eigenvalue weighted by atomic mass is 10.1. The van der Waals surface area contributed by atoms with Gasteiger partial charge in [0.25, 0.3) is 5.91 Å². The first-order chi connectivity index (χ1) is 13.5. The molecule has 0 spiro atoms. The highest BCUT2D eigenvalue weighted by Gasteiger charge is 2.29. The minimum Gasteiger partial charge on any atom is -0.481 e. The molecule has 1 aromatic carbocycles. The number of rotatable bonds is 7. The summed E-state index contributed by atoms with van der Waals surface area (Å²) in [5, 5.41) is 25.4. The zero-order chi connectivity index (χ0) is 19.8. The summed E-state index contributed by atoms with van der Waals surface area (Å²) in [5.41, 5.74) is 0.324. The van der Waals surface area contributed by atoms with Crippen molar-refractivity contribution < 1.29 is 24.6 Å². The minimum absolute atomic E-state index is 0.173. The number of hydrogen-bond donors (Lipinski definition) is 3. The minimum atomic E-state index is -1.24. The van der Waals surface area contributed by atoms with E-state index in [4.69, 9.17) is 5.11 Å². The molecule has 0 aromatic heterocycles. The molecule has 0 fully saturated rings. The maximum absolute atomic E-state index is 12.1. The second-order valence-corrected chi connectivity index (χ2v) is 6.83. The van der Waals surface area contributed by atoms with Crippen molar-refractivity contribution in [3.05, 3.63) is 51.3 Å². The Balaban J connectivity index is 1.79. The van der Waals surface area contributed by atoms with Gasteiger partial charge in [0.15, 0.2) is 0 Å². The third-order valence-electron chi connectivity index (χ3n) is 5.07. The number of unbranched alkanes of at least 4 members (excludes halogenated alkanes) is 2. The van der Waals surface area contributed by atoms with Crippen molar-refractivity contribution >= 4 is 39.9 Å².